The van der Waals surface area contributed by atoms with Crippen LogP contribution in [0.4, 0.5) is 14.5 Å². The normalized spacial score (nSPS) is 15.7. The van der Waals surface area contributed by atoms with E-state index < -0.39 is 11.7 Å². The van der Waals surface area contributed by atoms with Crippen LogP contribution in [0.2, 0.25) is 0 Å². The van der Waals surface area contributed by atoms with Crippen molar-refractivity contribution >= 4 is 28.8 Å². The molecule has 160 valence electrons. The van der Waals surface area contributed by atoms with Gasteiger partial charge in [0.25, 0.3) is 11.8 Å². The first kappa shape index (κ1) is 20.9. The van der Waals surface area contributed by atoms with E-state index in [0.29, 0.717) is 29.4 Å². The van der Waals surface area contributed by atoms with Crippen LogP contribution in [0.3, 0.4) is 0 Å². The number of nitrogens with zero attached hydrogens (tertiary/aromatic N) is 3. The minimum Gasteiger partial charge on any atom is -0.484 e. The van der Waals surface area contributed by atoms with E-state index in [1.54, 1.807) is 11.0 Å². The Morgan fingerprint density at radius 3 is 2.71 bits per heavy atom. The van der Waals surface area contributed by atoms with E-state index in [1.807, 2.05) is 0 Å². The fourth-order valence-corrected chi connectivity index (χ4v) is 4.18. The van der Waals surface area contributed by atoms with Gasteiger partial charge in [0.15, 0.2) is 6.61 Å². The number of carbonyl (C=O) groups excluding carboxylic acids is 2. The third kappa shape index (κ3) is 5.02. The minimum absolute atomic E-state index is 0.126. The van der Waals surface area contributed by atoms with Crippen LogP contribution >= 0.6 is 11.3 Å². The summed E-state index contributed by atoms with van der Waals surface area (Å²) >= 11 is 1.09. The molecule has 1 aliphatic heterocycles. The highest BCUT2D eigenvalue weighted by Gasteiger charge is 2.33. The number of anilines is 1. The van der Waals surface area contributed by atoms with E-state index in [0.717, 1.165) is 17.8 Å². The molecule has 10 heteroatoms. The monoisotopic (exact) mass is 444 g/mol. The zero-order chi connectivity index (χ0) is 21.8. The summed E-state index contributed by atoms with van der Waals surface area (Å²) in [5, 5.41) is 11.3. The Morgan fingerprint density at radius 2 is 1.94 bits per heavy atom. The van der Waals surface area contributed by atoms with Crippen molar-refractivity contribution in [3.05, 3.63) is 70.2 Å². The predicted molar refractivity (Wildman–Crippen MR) is 110 cm³/mol. The second kappa shape index (κ2) is 9.17. The van der Waals surface area contributed by atoms with Gasteiger partial charge < -0.3 is 15.0 Å². The maximum Gasteiger partial charge on any atom is 0.286 e. The third-order valence-corrected chi connectivity index (χ3v) is 5.77. The molecule has 7 nitrogen and oxygen atoms in total. The number of ether oxygens (including phenoxy) is 1. The van der Waals surface area contributed by atoms with Crippen LogP contribution in [0, 0.1) is 11.6 Å². The quantitative estimate of drug-likeness (QED) is 0.625. The van der Waals surface area contributed by atoms with Gasteiger partial charge in [0.05, 0.1) is 6.04 Å². The molecule has 1 aromatic heterocycles. The first-order chi connectivity index (χ1) is 15.0. The van der Waals surface area contributed by atoms with Crippen molar-refractivity contribution in [2.75, 3.05) is 18.5 Å². The van der Waals surface area contributed by atoms with Gasteiger partial charge in [-0.05, 0) is 55.3 Å². The smallest absolute Gasteiger partial charge is 0.286 e. The molecule has 1 N–H and O–H groups in total. The molecule has 3 aromatic rings. The number of likely N-dealkylation sites (tertiary alicyclic amines) is 1. The Kier molecular flexibility index (Phi) is 6.17. The van der Waals surface area contributed by atoms with Gasteiger partial charge in [-0.25, -0.2) is 8.78 Å². The van der Waals surface area contributed by atoms with Crippen molar-refractivity contribution in [3.8, 4) is 5.75 Å². The van der Waals surface area contributed by atoms with Crippen LogP contribution in [0.15, 0.2) is 48.5 Å². The van der Waals surface area contributed by atoms with E-state index in [9.17, 15) is 18.4 Å². The lowest BCUT2D eigenvalue weighted by Crippen LogP contribution is -2.34. The van der Waals surface area contributed by atoms with Crippen LogP contribution in [0.1, 0.15) is 33.7 Å². The molecule has 0 saturated carbocycles. The van der Waals surface area contributed by atoms with Crippen LogP contribution in [-0.2, 0) is 4.79 Å². The van der Waals surface area contributed by atoms with E-state index in [1.165, 1.54) is 42.5 Å². The number of hydrogen-bond donors (Lipinski definition) is 1. The molecule has 1 saturated heterocycles. The van der Waals surface area contributed by atoms with Crippen molar-refractivity contribution in [2.24, 2.45) is 0 Å². The number of benzene rings is 2. The summed E-state index contributed by atoms with van der Waals surface area (Å²) in [6.45, 7) is 0.356. The summed E-state index contributed by atoms with van der Waals surface area (Å²) in [5.41, 5.74) is 0.317. The molecule has 1 aliphatic rings. The topological polar surface area (TPSA) is 84.4 Å². The van der Waals surface area contributed by atoms with E-state index in [-0.39, 0.29) is 29.4 Å². The summed E-state index contributed by atoms with van der Waals surface area (Å²) < 4.78 is 31.7. The maximum absolute atomic E-state index is 13.3. The molecular weight excluding hydrogens is 426 g/mol. The molecule has 0 spiro atoms. The lowest BCUT2D eigenvalue weighted by atomic mass is 10.2. The van der Waals surface area contributed by atoms with E-state index in [4.69, 9.17) is 4.74 Å². The van der Waals surface area contributed by atoms with Crippen LogP contribution in [-0.4, -0.2) is 40.1 Å². The van der Waals surface area contributed by atoms with Gasteiger partial charge >= 0.3 is 0 Å². The average molecular weight is 444 g/mol. The van der Waals surface area contributed by atoms with E-state index >= 15 is 0 Å². The molecule has 4 rings (SSSR count). The van der Waals surface area contributed by atoms with Gasteiger partial charge in [-0.15, -0.1) is 10.2 Å². The van der Waals surface area contributed by atoms with Gasteiger partial charge in [0, 0.05) is 12.2 Å². The third-order valence-electron chi connectivity index (χ3n) is 4.75. The Bertz CT molecular complexity index is 1090. The highest BCUT2D eigenvalue weighted by atomic mass is 32.1. The molecule has 2 aromatic carbocycles. The molecule has 2 heterocycles. The summed E-state index contributed by atoms with van der Waals surface area (Å²) in [7, 11) is 0. The Balaban J connectivity index is 1.39. The predicted octanol–water partition coefficient (Wildman–Crippen LogP) is 3.81. The first-order valence-corrected chi connectivity index (χ1v) is 10.4. The summed E-state index contributed by atoms with van der Waals surface area (Å²) in [4.78, 5) is 26.7. The summed E-state index contributed by atoms with van der Waals surface area (Å²) in [6.07, 6.45) is 1.49. The molecule has 0 unspecified atom stereocenters. The summed E-state index contributed by atoms with van der Waals surface area (Å²) in [5.74, 6) is -1.17. The fraction of sp³-hybridized carbons (Fsp3) is 0.238. The first-order valence-electron chi connectivity index (χ1n) is 9.58. The standard InChI is InChI=1S/C21H18F2N4O3S/c22-13-6-8-16(9-7-13)30-12-18(28)27-10-2-5-17(27)20-25-26-21(31-20)19(29)24-15-4-1-3-14(23)11-15/h1,3-4,6-9,11,17H,2,5,10,12H2,(H,24,29)/t17-/m0/s1. The number of carbonyl (C=O) groups is 2. The second-order valence-electron chi connectivity index (χ2n) is 6.90. The fourth-order valence-electron chi connectivity index (χ4n) is 3.29. The number of amides is 2. The maximum atomic E-state index is 13.3. The zero-order valence-corrected chi connectivity index (χ0v) is 17.1. The second-order valence-corrected chi connectivity index (χ2v) is 7.91. The van der Waals surface area contributed by atoms with E-state index in [2.05, 4.69) is 15.5 Å². The number of nitrogens with one attached hydrogen (secondary N) is 1. The van der Waals surface area contributed by atoms with Crippen molar-refractivity contribution in [1.29, 1.82) is 0 Å². The molecule has 0 bridgehead atoms. The lowest BCUT2D eigenvalue weighted by molar-refractivity contribution is -0.134. The number of rotatable bonds is 6. The Hall–Kier alpha value is -3.40. The van der Waals surface area contributed by atoms with Crippen LogP contribution in [0.25, 0.3) is 0 Å². The van der Waals surface area contributed by atoms with Crippen molar-refractivity contribution in [1.82, 2.24) is 15.1 Å². The van der Waals surface area contributed by atoms with Gasteiger partial charge in [-0.2, -0.15) is 0 Å². The minimum atomic E-state index is -0.495. The largest absolute Gasteiger partial charge is 0.484 e. The van der Waals surface area contributed by atoms with Gasteiger partial charge in [0.2, 0.25) is 5.01 Å². The molecule has 2 amide bonds. The van der Waals surface area contributed by atoms with Gasteiger partial charge in [0.1, 0.15) is 22.4 Å². The highest BCUT2D eigenvalue weighted by molar-refractivity contribution is 7.13. The van der Waals surface area contributed by atoms with Crippen molar-refractivity contribution in [2.45, 2.75) is 18.9 Å². The SMILES string of the molecule is O=C(Nc1cccc(F)c1)c1nnc([C@@H]2CCCN2C(=O)COc2ccc(F)cc2)s1. The molecule has 1 fully saturated rings. The molecule has 0 aliphatic carbocycles. The lowest BCUT2D eigenvalue weighted by Gasteiger charge is -2.22. The van der Waals surface area contributed by atoms with Crippen molar-refractivity contribution in [3.63, 3.8) is 0 Å². The summed E-state index contributed by atoms with van der Waals surface area (Å²) in [6, 6.07) is 10.7. The Morgan fingerprint density at radius 1 is 1.13 bits per heavy atom. The number of aromatic nitrogens is 2. The van der Waals surface area contributed by atoms with Gasteiger partial charge in [-0.3, -0.25) is 9.59 Å². The molecule has 0 radical (unpaired) electrons. The number of halogens is 2. The number of hydrogen-bond acceptors (Lipinski definition) is 6. The molecular formula is C21H18F2N4O3S. The van der Waals surface area contributed by atoms with Gasteiger partial charge in [-0.1, -0.05) is 17.4 Å². The molecule has 1 atom stereocenters. The Labute approximate surface area is 180 Å². The average Bonchev–Trinajstić information content (AvgIpc) is 3.43. The zero-order valence-electron chi connectivity index (χ0n) is 16.3. The van der Waals surface area contributed by atoms with Crippen molar-refractivity contribution < 1.29 is 23.1 Å². The van der Waals surface area contributed by atoms with Crippen LogP contribution < -0.4 is 10.1 Å². The molecule has 31 heavy (non-hydrogen) atoms. The highest BCUT2D eigenvalue weighted by Crippen LogP contribution is 2.34. The van der Waals surface area contributed by atoms with Crippen LogP contribution in [0.5, 0.6) is 5.75 Å².